The molecule has 0 aliphatic heterocycles. The van der Waals surface area contributed by atoms with Gasteiger partial charge in [-0.2, -0.15) is 0 Å². The Morgan fingerprint density at radius 3 is 2.40 bits per heavy atom. The number of alkyl halides is 1. The van der Waals surface area contributed by atoms with Gasteiger partial charge in [0.1, 0.15) is 12.8 Å². The summed E-state index contributed by atoms with van der Waals surface area (Å²) in [6, 6.07) is -1.22. The molecule has 0 spiro atoms. The lowest BCUT2D eigenvalue weighted by Gasteiger charge is -2.13. The van der Waals surface area contributed by atoms with Gasteiger partial charge < -0.3 is 10.2 Å². The van der Waals surface area contributed by atoms with Crippen LogP contribution in [0.3, 0.4) is 0 Å². The van der Waals surface area contributed by atoms with Crippen LogP contribution in [0, 0.1) is 0 Å². The highest BCUT2D eigenvalue weighted by Gasteiger charge is 2.21. The summed E-state index contributed by atoms with van der Waals surface area (Å²) in [4.78, 5) is 10.1. The molecule has 0 aromatic carbocycles. The number of nitrogens with one attached hydrogen (secondary N) is 1. The Morgan fingerprint density at radius 2 is 2.30 bits per heavy atom. The van der Waals surface area contributed by atoms with Crippen molar-refractivity contribution in [1.82, 2.24) is 5.32 Å². The number of hydrogen-bond acceptors (Lipinski definition) is 3. The number of aliphatic hydroxyl groups is 1. The first kappa shape index (κ1) is 9.32. The molecule has 4 nitrogen and oxygen atoms in total. The third kappa shape index (κ3) is 2.75. The lowest BCUT2D eigenvalue weighted by Crippen LogP contribution is -2.44. The smallest absolute Gasteiger partial charge is 0.323 e. The molecule has 5 heteroatoms. The van der Waals surface area contributed by atoms with Crippen molar-refractivity contribution < 1.29 is 19.4 Å². The van der Waals surface area contributed by atoms with Crippen LogP contribution in [-0.2, 0) is 4.79 Å². The Labute approximate surface area is 57.7 Å². The SMILES string of the molecule is CC(O)C(NCF)C(=O)O. The van der Waals surface area contributed by atoms with Gasteiger partial charge in [-0.1, -0.05) is 0 Å². The summed E-state index contributed by atoms with van der Waals surface area (Å²) in [6.45, 7) is 0.323. The van der Waals surface area contributed by atoms with Gasteiger partial charge in [0.15, 0.2) is 0 Å². The third-order valence-corrected chi connectivity index (χ3v) is 1.05. The lowest BCUT2D eigenvalue weighted by molar-refractivity contribution is -0.142. The first-order valence-corrected chi connectivity index (χ1v) is 2.79. The van der Waals surface area contributed by atoms with E-state index in [1.54, 1.807) is 0 Å². The number of carboxylic acid groups (broad SMARTS) is 1. The molecule has 0 aromatic heterocycles. The van der Waals surface area contributed by atoms with Crippen LogP contribution in [0.15, 0.2) is 0 Å². The lowest BCUT2D eigenvalue weighted by atomic mass is 10.2. The fourth-order valence-electron chi connectivity index (χ4n) is 0.547. The van der Waals surface area contributed by atoms with Gasteiger partial charge in [0.05, 0.1) is 6.10 Å². The second-order valence-corrected chi connectivity index (χ2v) is 1.89. The van der Waals surface area contributed by atoms with E-state index in [0.717, 1.165) is 0 Å². The molecular weight excluding hydrogens is 141 g/mol. The quantitative estimate of drug-likeness (QED) is 0.466. The second kappa shape index (κ2) is 4.19. The number of rotatable bonds is 4. The average Bonchev–Trinajstić information content (AvgIpc) is 1.81. The van der Waals surface area contributed by atoms with Crippen molar-refractivity contribution in [3.8, 4) is 0 Å². The number of aliphatic hydroxyl groups excluding tert-OH is 1. The van der Waals surface area contributed by atoms with Crippen molar-refractivity contribution in [2.75, 3.05) is 6.80 Å². The van der Waals surface area contributed by atoms with Gasteiger partial charge in [-0.25, -0.2) is 4.39 Å². The molecule has 0 radical (unpaired) electrons. The van der Waals surface area contributed by atoms with Gasteiger partial charge in [-0.15, -0.1) is 0 Å². The van der Waals surface area contributed by atoms with Crippen molar-refractivity contribution >= 4 is 5.97 Å². The molecule has 0 aliphatic rings. The fraction of sp³-hybridized carbons (Fsp3) is 0.800. The molecule has 0 saturated carbocycles. The summed E-state index contributed by atoms with van der Waals surface area (Å²) in [5, 5.41) is 19.0. The van der Waals surface area contributed by atoms with Crippen LogP contribution in [-0.4, -0.2) is 35.1 Å². The molecule has 2 atom stereocenters. The molecule has 10 heavy (non-hydrogen) atoms. The molecular formula is C5H10FNO3. The topological polar surface area (TPSA) is 69.6 Å². The number of hydrogen-bond donors (Lipinski definition) is 3. The van der Waals surface area contributed by atoms with E-state index in [4.69, 9.17) is 10.2 Å². The van der Waals surface area contributed by atoms with E-state index in [0.29, 0.717) is 0 Å². The maximum absolute atomic E-state index is 11.5. The molecule has 0 fully saturated rings. The Balaban J connectivity index is 3.85. The zero-order chi connectivity index (χ0) is 8.15. The zero-order valence-electron chi connectivity index (χ0n) is 5.54. The van der Waals surface area contributed by atoms with Crippen molar-refractivity contribution in [3.05, 3.63) is 0 Å². The molecule has 0 aromatic rings. The van der Waals surface area contributed by atoms with Crippen molar-refractivity contribution in [2.24, 2.45) is 0 Å². The van der Waals surface area contributed by atoms with E-state index in [2.05, 4.69) is 0 Å². The minimum absolute atomic E-state index is 0.956. The predicted molar refractivity (Wildman–Crippen MR) is 32.2 cm³/mol. The number of carboxylic acids is 1. The maximum atomic E-state index is 11.5. The molecule has 0 bridgehead atoms. The first-order chi connectivity index (χ1) is 4.59. The van der Waals surface area contributed by atoms with E-state index in [1.807, 2.05) is 5.32 Å². The average molecular weight is 151 g/mol. The molecule has 0 amide bonds. The van der Waals surface area contributed by atoms with Crippen LogP contribution in [0.5, 0.6) is 0 Å². The third-order valence-electron chi connectivity index (χ3n) is 1.05. The van der Waals surface area contributed by atoms with Crippen LogP contribution in [0.1, 0.15) is 6.92 Å². The highest BCUT2D eigenvalue weighted by molar-refractivity contribution is 5.74. The minimum atomic E-state index is -1.26. The Bertz CT molecular complexity index is 117. The van der Waals surface area contributed by atoms with Gasteiger partial charge in [0.2, 0.25) is 0 Å². The molecule has 3 N–H and O–H groups in total. The maximum Gasteiger partial charge on any atom is 0.323 e. The van der Waals surface area contributed by atoms with Crippen LogP contribution < -0.4 is 5.32 Å². The summed E-state index contributed by atoms with van der Waals surface area (Å²) < 4.78 is 11.5. The van der Waals surface area contributed by atoms with E-state index in [-0.39, 0.29) is 0 Å². The molecule has 60 valence electrons. The van der Waals surface area contributed by atoms with Crippen LogP contribution in [0.4, 0.5) is 4.39 Å². The molecule has 0 saturated heterocycles. The fourth-order valence-corrected chi connectivity index (χ4v) is 0.547. The summed E-state index contributed by atoms with van der Waals surface area (Å²) in [5.41, 5.74) is 0. The Morgan fingerprint density at radius 1 is 1.80 bits per heavy atom. The van der Waals surface area contributed by atoms with Gasteiger partial charge in [0.25, 0.3) is 0 Å². The number of halogens is 1. The summed E-state index contributed by atoms with van der Waals surface area (Å²) in [7, 11) is 0. The van der Waals surface area contributed by atoms with E-state index >= 15 is 0 Å². The monoisotopic (exact) mass is 151 g/mol. The first-order valence-electron chi connectivity index (χ1n) is 2.79. The second-order valence-electron chi connectivity index (χ2n) is 1.89. The van der Waals surface area contributed by atoms with Gasteiger partial charge in [0, 0.05) is 0 Å². The zero-order valence-corrected chi connectivity index (χ0v) is 5.54. The predicted octanol–water partition coefficient (Wildman–Crippen LogP) is -0.663. The van der Waals surface area contributed by atoms with Gasteiger partial charge in [-0.05, 0) is 6.92 Å². The summed E-state index contributed by atoms with van der Waals surface area (Å²) in [6.07, 6.45) is -1.09. The van der Waals surface area contributed by atoms with Crippen LogP contribution >= 0.6 is 0 Å². The molecule has 0 heterocycles. The van der Waals surface area contributed by atoms with E-state index in [1.165, 1.54) is 6.92 Å². The van der Waals surface area contributed by atoms with Crippen molar-refractivity contribution in [1.29, 1.82) is 0 Å². The van der Waals surface area contributed by atoms with Crippen LogP contribution in [0.25, 0.3) is 0 Å². The van der Waals surface area contributed by atoms with Crippen LogP contribution in [0.2, 0.25) is 0 Å². The van der Waals surface area contributed by atoms with Crippen molar-refractivity contribution in [3.63, 3.8) is 0 Å². The highest BCUT2D eigenvalue weighted by atomic mass is 19.1. The van der Waals surface area contributed by atoms with E-state index < -0.39 is 24.9 Å². The summed E-state index contributed by atoms with van der Waals surface area (Å²) in [5.74, 6) is -1.26. The number of aliphatic carboxylic acids is 1. The van der Waals surface area contributed by atoms with E-state index in [9.17, 15) is 9.18 Å². The molecule has 2 unspecified atom stereocenters. The van der Waals surface area contributed by atoms with Crippen molar-refractivity contribution in [2.45, 2.75) is 19.1 Å². The standard InChI is InChI=1S/C5H10FNO3/c1-3(8)4(5(9)10)7-2-6/h3-4,7-8H,2H2,1H3,(H,9,10). The Kier molecular flexibility index (Phi) is 3.90. The van der Waals surface area contributed by atoms with Gasteiger partial charge in [-0.3, -0.25) is 10.1 Å². The normalized spacial score (nSPS) is 16.3. The largest absolute Gasteiger partial charge is 0.480 e. The highest BCUT2D eigenvalue weighted by Crippen LogP contribution is 1.91. The van der Waals surface area contributed by atoms with Gasteiger partial charge >= 0.3 is 5.97 Å². The summed E-state index contributed by atoms with van der Waals surface area (Å²) >= 11 is 0. The number of carbonyl (C=O) groups is 1. The molecule has 0 aliphatic carbocycles. The Hall–Kier alpha value is -0.680. The minimum Gasteiger partial charge on any atom is -0.480 e. The molecule has 0 rings (SSSR count).